The minimum absolute atomic E-state index is 0.282. The maximum absolute atomic E-state index is 5.16. The highest BCUT2D eigenvalue weighted by molar-refractivity contribution is 7.80. The Morgan fingerprint density at radius 1 is 1.05 bits per heavy atom. The van der Waals surface area contributed by atoms with Gasteiger partial charge in [0, 0.05) is 11.7 Å². The quantitative estimate of drug-likeness (QED) is 0.507. The molecule has 4 nitrogen and oxygen atoms in total. The van der Waals surface area contributed by atoms with Crippen molar-refractivity contribution < 1.29 is 0 Å². The molecule has 19 heavy (non-hydrogen) atoms. The van der Waals surface area contributed by atoms with E-state index < -0.39 is 0 Å². The Balaban J connectivity index is 2.36. The minimum atomic E-state index is 0.282. The van der Waals surface area contributed by atoms with Gasteiger partial charge in [0.1, 0.15) is 0 Å². The van der Waals surface area contributed by atoms with Crippen LogP contribution in [0.15, 0.2) is 24.3 Å². The second kappa shape index (κ2) is 7.91. The normalized spacial score (nSPS) is 9.89. The molecule has 1 aromatic rings. The van der Waals surface area contributed by atoms with E-state index in [4.69, 9.17) is 24.4 Å². The van der Waals surface area contributed by atoms with Crippen LogP contribution >= 0.6 is 24.4 Å². The van der Waals surface area contributed by atoms with Gasteiger partial charge in [0.25, 0.3) is 0 Å². The summed E-state index contributed by atoms with van der Waals surface area (Å²) in [5.41, 5.74) is 7.89. The lowest BCUT2D eigenvalue weighted by atomic mass is 10.1. The van der Waals surface area contributed by atoms with Gasteiger partial charge in [0.15, 0.2) is 10.2 Å². The summed E-state index contributed by atoms with van der Waals surface area (Å²) >= 11 is 10.2. The number of hydrogen-bond donors (Lipinski definition) is 4. The molecule has 104 valence electrons. The lowest BCUT2D eigenvalue weighted by Crippen LogP contribution is -2.49. The first-order valence-corrected chi connectivity index (χ1v) is 7.05. The first-order valence-electron chi connectivity index (χ1n) is 6.23. The number of benzene rings is 1. The van der Waals surface area contributed by atoms with Crippen molar-refractivity contribution in [2.45, 2.75) is 33.2 Å². The number of aryl methyl sites for hydroxylation is 1. The van der Waals surface area contributed by atoms with E-state index in [1.54, 1.807) is 0 Å². The Morgan fingerprint density at radius 2 is 1.63 bits per heavy atom. The van der Waals surface area contributed by atoms with E-state index in [1.165, 1.54) is 5.56 Å². The molecular weight excluding hydrogens is 276 g/mol. The number of nitrogens with one attached hydrogen (secondary N) is 4. The number of rotatable bonds is 3. The average Bonchev–Trinajstić information content (AvgIpc) is 2.36. The molecule has 0 saturated heterocycles. The summed E-state index contributed by atoms with van der Waals surface area (Å²) in [7, 11) is 0. The van der Waals surface area contributed by atoms with Crippen molar-refractivity contribution in [2.24, 2.45) is 0 Å². The molecule has 0 bridgehead atoms. The molecule has 0 spiro atoms. The van der Waals surface area contributed by atoms with Gasteiger partial charge in [-0.3, -0.25) is 10.9 Å². The fourth-order valence-corrected chi connectivity index (χ4v) is 1.85. The highest BCUT2D eigenvalue weighted by atomic mass is 32.1. The third-order valence-corrected chi connectivity index (χ3v) is 2.75. The van der Waals surface area contributed by atoms with Gasteiger partial charge in [-0.15, -0.1) is 0 Å². The van der Waals surface area contributed by atoms with E-state index in [0.717, 1.165) is 12.1 Å². The monoisotopic (exact) mass is 296 g/mol. The molecular formula is C13H20N4S2. The van der Waals surface area contributed by atoms with Gasteiger partial charge in [-0.05, 0) is 62.4 Å². The molecule has 0 saturated carbocycles. The standard InChI is InChI=1S/C13H20N4S2/c1-4-10-5-7-11(8-6-10)15-13(19)17-16-12(18)14-9(2)3/h5-9H,4H2,1-3H3,(H2,14,16,18)(H2,15,17,19). The topological polar surface area (TPSA) is 48.1 Å². The van der Waals surface area contributed by atoms with E-state index in [2.05, 4.69) is 40.5 Å². The van der Waals surface area contributed by atoms with Crippen molar-refractivity contribution in [1.29, 1.82) is 0 Å². The van der Waals surface area contributed by atoms with Crippen LogP contribution < -0.4 is 21.5 Å². The SMILES string of the molecule is CCc1ccc(NC(=S)NNC(=S)NC(C)C)cc1. The van der Waals surface area contributed by atoms with Crippen molar-refractivity contribution in [2.75, 3.05) is 5.32 Å². The number of hydrazine groups is 1. The second-order valence-corrected chi connectivity index (χ2v) is 5.20. The lowest BCUT2D eigenvalue weighted by molar-refractivity contribution is 0.705. The third-order valence-electron chi connectivity index (χ3n) is 2.33. The fourth-order valence-electron chi connectivity index (χ4n) is 1.40. The Hall–Kier alpha value is -1.40. The molecule has 6 heteroatoms. The number of hydrogen-bond acceptors (Lipinski definition) is 2. The summed E-state index contributed by atoms with van der Waals surface area (Å²) in [6, 6.07) is 8.42. The zero-order valence-corrected chi connectivity index (χ0v) is 13.0. The first-order chi connectivity index (χ1) is 9.01. The summed E-state index contributed by atoms with van der Waals surface area (Å²) in [5, 5.41) is 7.10. The van der Waals surface area contributed by atoms with Crippen LogP contribution in [0.25, 0.3) is 0 Å². The zero-order valence-electron chi connectivity index (χ0n) is 11.4. The van der Waals surface area contributed by atoms with Crippen molar-refractivity contribution in [1.82, 2.24) is 16.2 Å². The molecule has 0 aromatic heterocycles. The van der Waals surface area contributed by atoms with E-state index in [-0.39, 0.29) is 6.04 Å². The summed E-state index contributed by atoms with van der Waals surface area (Å²) in [4.78, 5) is 0. The van der Waals surface area contributed by atoms with Gasteiger partial charge in [-0.2, -0.15) is 0 Å². The largest absolute Gasteiger partial charge is 0.359 e. The Kier molecular flexibility index (Phi) is 6.52. The van der Waals surface area contributed by atoms with Crippen molar-refractivity contribution >= 4 is 40.3 Å². The molecule has 0 radical (unpaired) electrons. The molecule has 0 aliphatic rings. The van der Waals surface area contributed by atoms with E-state index in [9.17, 15) is 0 Å². The number of anilines is 1. The highest BCUT2D eigenvalue weighted by Gasteiger charge is 2.00. The van der Waals surface area contributed by atoms with Crippen LogP contribution in [0.2, 0.25) is 0 Å². The molecule has 0 amide bonds. The third kappa shape index (κ3) is 6.35. The van der Waals surface area contributed by atoms with Crippen LogP contribution in [0.3, 0.4) is 0 Å². The van der Waals surface area contributed by atoms with Crippen LogP contribution in [0.5, 0.6) is 0 Å². The predicted molar refractivity (Wildman–Crippen MR) is 89.2 cm³/mol. The van der Waals surface area contributed by atoms with E-state index in [1.807, 2.05) is 26.0 Å². The summed E-state index contributed by atoms with van der Waals surface area (Å²) in [6.45, 7) is 6.15. The van der Waals surface area contributed by atoms with Gasteiger partial charge in [-0.25, -0.2) is 0 Å². The van der Waals surface area contributed by atoms with E-state index >= 15 is 0 Å². The van der Waals surface area contributed by atoms with Gasteiger partial charge in [0.05, 0.1) is 0 Å². The average molecular weight is 296 g/mol. The molecule has 1 rings (SSSR count). The second-order valence-electron chi connectivity index (χ2n) is 4.38. The van der Waals surface area contributed by atoms with Crippen molar-refractivity contribution in [3.63, 3.8) is 0 Å². The Morgan fingerprint density at radius 3 is 2.16 bits per heavy atom. The Bertz CT molecular complexity index is 429. The zero-order chi connectivity index (χ0) is 14.3. The Labute approximate surface area is 125 Å². The molecule has 0 unspecified atom stereocenters. The molecule has 0 atom stereocenters. The summed E-state index contributed by atoms with van der Waals surface area (Å²) in [5.74, 6) is 0. The lowest BCUT2D eigenvalue weighted by Gasteiger charge is -2.16. The minimum Gasteiger partial charge on any atom is -0.359 e. The molecule has 0 heterocycles. The summed E-state index contributed by atoms with van der Waals surface area (Å²) in [6.07, 6.45) is 1.03. The fraction of sp³-hybridized carbons (Fsp3) is 0.385. The van der Waals surface area contributed by atoms with Crippen LogP contribution in [0.4, 0.5) is 5.69 Å². The maximum atomic E-state index is 5.16. The molecule has 4 N–H and O–H groups in total. The molecule has 0 aliphatic carbocycles. The molecule has 0 fully saturated rings. The maximum Gasteiger partial charge on any atom is 0.189 e. The smallest absolute Gasteiger partial charge is 0.189 e. The van der Waals surface area contributed by atoms with Crippen LogP contribution in [0, 0.1) is 0 Å². The highest BCUT2D eigenvalue weighted by Crippen LogP contribution is 2.09. The van der Waals surface area contributed by atoms with Crippen molar-refractivity contribution in [3.05, 3.63) is 29.8 Å². The van der Waals surface area contributed by atoms with Crippen molar-refractivity contribution in [3.8, 4) is 0 Å². The molecule has 0 aliphatic heterocycles. The van der Waals surface area contributed by atoms with Gasteiger partial charge in [-0.1, -0.05) is 19.1 Å². The summed E-state index contributed by atoms with van der Waals surface area (Å²) < 4.78 is 0. The van der Waals surface area contributed by atoms with Crippen LogP contribution in [-0.2, 0) is 6.42 Å². The van der Waals surface area contributed by atoms with Gasteiger partial charge in [0.2, 0.25) is 0 Å². The first kappa shape index (κ1) is 15.7. The van der Waals surface area contributed by atoms with Gasteiger partial charge < -0.3 is 10.6 Å². The van der Waals surface area contributed by atoms with Crippen LogP contribution in [-0.4, -0.2) is 16.3 Å². The molecule has 1 aromatic carbocycles. The predicted octanol–water partition coefficient (Wildman–Crippen LogP) is 2.32. The van der Waals surface area contributed by atoms with Crippen LogP contribution in [0.1, 0.15) is 26.3 Å². The number of thiocarbonyl (C=S) groups is 2. The van der Waals surface area contributed by atoms with E-state index in [0.29, 0.717) is 10.2 Å². The van der Waals surface area contributed by atoms with Gasteiger partial charge >= 0.3 is 0 Å².